The van der Waals surface area contributed by atoms with Crippen molar-refractivity contribution in [3.8, 4) is 0 Å². The fourth-order valence-corrected chi connectivity index (χ4v) is 1.52. The quantitative estimate of drug-likeness (QED) is 0.388. The van der Waals surface area contributed by atoms with Crippen molar-refractivity contribution in [2.75, 3.05) is 17.6 Å². The highest BCUT2D eigenvalue weighted by atomic mass is 127. The van der Waals surface area contributed by atoms with Crippen LogP contribution in [-0.2, 0) is 0 Å². The first-order chi connectivity index (χ1) is 6.65. The van der Waals surface area contributed by atoms with E-state index < -0.39 is 0 Å². The molecule has 76 valence electrons. The Labute approximate surface area is 96.5 Å². The van der Waals surface area contributed by atoms with E-state index >= 15 is 0 Å². The molecule has 0 bridgehead atoms. The topological polar surface area (TPSA) is 38.0 Å². The Morgan fingerprint density at radius 1 is 1.57 bits per heavy atom. The van der Waals surface area contributed by atoms with E-state index in [1.807, 2.05) is 22.6 Å². The molecule has 0 aliphatic rings. The minimum Gasteiger partial charge on any atom is -0.397 e. The smallest absolute Gasteiger partial charge is 0.138 e. The van der Waals surface area contributed by atoms with Gasteiger partial charge in [0.05, 0.1) is 14.9 Å². The number of anilines is 2. The van der Waals surface area contributed by atoms with Crippen LogP contribution in [0.15, 0.2) is 24.8 Å². The van der Waals surface area contributed by atoms with Crippen LogP contribution < -0.4 is 11.1 Å². The van der Waals surface area contributed by atoms with Crippen molar-refractivity contribution in [1.29, 1.82) is 0 Å². The second-order valence-corrected chi connectivity index (χ2v) is 4.02. The highest BCUT2D eigenvalue weighted by molar-refractivity contribution is 14.1. The number of nitrogen functional groups attached to an aromatic ring is 1. The molecule has 0 atom stereocenters. The Kier molecular flexibility index (Phi) is 4.19. The average molecular weight is 306 g/mol. The first kappa shape index (κ1) is 11.3. The van der Waals surface area contributed by atoms with E-state index in [-0.39, 0.29) is 5.82 Å². The number of hydrogen-bond acceptors (Lipinski definition) is 2. The van der Waals surface area contributed by atoms with Gasteiger partial charge in [-0.15, -0.1) is 6.58 Å². The summed E-state index contributed by atoms with van der Waals surface area (Å²) in [6.07, 6.45) is 2.62. The van der Waals surface area contributed by atoms with E-state index in [4.69, 9.17) is 5.73 Å². The molecule has 0 aliphatic heterocycles. The van der Waals surface area contributed by atoms with Gasteiger partial charge >= 0.3 is 0 Å². The molecule has 0 saturated carbocycles. The van der Waals surface area contributed by atoms with Crippen molar-refractivity contribution in [3.05, 3.63) is 34.2 Å². The van der Waals surface area contributed by atoms with Gasteiger partial charge in [-0.2, -0.15) is 0 Å². The highest BCUT2D eigenvalue weighted by Gasteiger charge is 2.04. The zero-order valence-corrected chi connectivity index (χ0v) is 9.84. The van der Waals surface area contributed by atoms with E-state index in [9.17, 15) is 4.39 Å². The van der Waals surface area contributed by atoms with E-state index in [1.165, 1.54) is 6.07 Å². The van der Waals surface area contributed by atoms with Crippen molar-refractivity contribution >= 4 is 34.0 Å². The van der Waals surface area contributed by atoms with Crippen LogP contribution in [0.3, 0.4) is 0 Å². The lowest BCUT2D eigenvalue weighted by Crippen LogP contribution is -2.04. The second-order valence-electron chi connectivity index (χ2n) is 2.86. The minimum absolute atomic E-state index is 0.249. The van der Waals surface area contributed by atoms with Gasteiger partial charge in [-0.3, -0.25) is 0 Å². The van der Waals surface area contributed by atoms with E-state index in [0.29, 0.717) is 21.5 Å². The van der Waals surface area contributed by atoms with Crippen molar-refractivity contribution < 1.29 is 4.39 Å². The molecule has 0 unspecified atom stereocenters. The summed E-state index contributed by atoms with van der Waals surface area (Å²) >= 11 is 1.91. The molecule has 14 heavy (non-hydrogen) atoms. The summed E-state index contributed by atoms with van der Waals surface area (Å²) in [6, 6.07) is 3.03. The lowest BCUT2D eigenvalue weighted by molar-refractivity contribution is 0.621. The number of hydrogen-bond donors (Lipinski definition) is 2. The summed E-state index contributed by atoms with van der Waals surface area (Å²) in [7, 11) is 0. The predicted octanol–water partition coefficient (Wildman–Crippen LogP) is 3.00. The van der Waals surface area contributed by atoms with Crippen LogP contribution in [0.25, 0.3) is 0 Å². The maximum absolute atomic E-state index is 13.1. The minimum atomic E-state index is -0.249. The molecule has 0 heterocycles. The summed E-state index contributed by atoms with van der Waals surface area (Å²) in [5.41, 5.74) is 6.93. The molecular formula is C10H12FIN2. The van der Waals surface area contributed by atoms with E-state index in [0.717, 1.165) is 6.42 Å². The van der Waals surface area contributed by atoms with Crippen LogP contribution in [0.5, 0.6) is 0 Å². The largest absolute Gasteiger partial charge is 0.397 e. The van der Waals surface area contributed by atoms with Crippen LogP contribution >= 0.6 is 22.6 Å². The molecule has 0 fully saturated rings. The predicted molar refractivity (Wildman–Crippen MR) is 66.8 cm³/mol. The third-order valence-electron chi connectivity index (χ3n) is 1.76. The molecule has 0 aliphatic carbocycles. The lowest BCUT2D eigenvalue weighted by Gasteiger charge is -2.09. The van der Waals surface area contributed by atoms with Crippen LogP contribution in [0.2, 0.25) is 0 Å². The fraction of sp³-hybridized carbons (Fsp3) is 0.200. The summed E-state index contributed by atoms with van der Waals surface area (Å²) in [5.74, 6) is -0.249. The van der Waals surface area contributed by atoms with Gasteiger partial charge in [0.15, 0.2) is 0 Å². The second kappa shape index (κ2) is 5.19. The maximum atomic E-state index is 13.1. The summed E-state index contributed by atoms with van der Waals surface area (Å²) < 4.78 is 13.7. The normalized spacial score (nSPS) is 9.86. The zero-order valence-electron chi connectivity index (χ0n) is 7.69. The highest BCUT2D eigenvalue weighted by Crippen LogP contribution is 2.23. The SMILES string of the molecule is C=CCCNc1cc(F)c(I)cc1N. The molecule has 1 aromatic carbocycles. The summed E-state index contributed by atoms with van der Waals surface area (Å²) in [5, 5.41) is 3.04. The lowest BCUT2D eigenvalue weighted by atomic mass is 10.2. The van der Waals surface area contributed by atoms with Crippen LogP contribution in [-0.4, -0.2) is 6.54 Å². The average Bonchev–Trinajstić information content (AvgIpc) is 2.14. The van der Waals surface area contributed by atoms with Crippen LogP contribution in [0, 0.1) is 9.39 Å². The van der Waals surface area contributed by atoms with Gasteiger partial charge in [0.1, 0.15) is 5.82 Å². The molecule has 3 N–H and O–H groups in total. The molecule has 4 heteroatoms. The Balaban J connectivity index is 2.76. The zero-order chi connectivity index (χ0) is 10.6. The Morgan fingerprint density at radius 3 is 2.93 bits per heavy atom. The van der Waals surface area contributed by atoms with E-state index in [1.54, 1.807) is 12.1 Å². The molecular weight excluding hydrogens is 294 g/mol. The van der Waals surface area contributed by atoms with Gasteiger partial charge in [-0.05, 0) is 35.1 Å². The molecule has 0 amide bonds. The molecule has 1 aromatic rings. The Morgan fingerprint density at radius 2 is 2.29 bits per heavy atom. The number of halogens is 2. The van der Waals surface area contributed by atoms with Crippen molar-refractivity contribution in [2.45, 2.75) is 6.42 Å². The van der Waals surface area contributed by atoms with Gasteiger partial charge in [0.25, 0.3) is 0 Å². The molecule has 0 saturated heterocycles. The summed E-state index contributed by atoms with van der Waals surface area (Å²) in [6.45, 7) is 4.32. The monoisotopic (exact) mass is 306 g/mol. The van der Waals surface area contributed by atoms with Gasteiger partial charge in [0.2, 0.25) is 0 Å². The first-order valence-electron chi connectivity index (χ1n) is 4.24. The number of nitrogens with one attached hydrogen (secondary N) is 1. The molecule has 0 aromatic heterocycles. The third-order valence-corrected chi connectivity index (χ3v) is 2.58. The van der Waals surface area contributed by atoms with Gasteiger partial charge in [-0.25, -0.2) is 4.39 Å². The molecule has 0 spiro atoms. The van der Waals surface area contributed by atoms with Gasteiger partial charge < -0.3 is 11.1 Å². The number of benzene rings is 1. The van der Waals surface area contributed by atoms with Crippen LogP contribution in [0.4, 0.5) is 15.8 Å². The molecule has 1 rings (SSSR count). The van der Waals surface area contributed by atoms with Crippen molar-refractivity contribution in [1.82, 2.24) is 0 Å². The van der Waals surface area contributed by atoms with Crippen molar-refractivity contribution in [3.63, 3.8) is 0 Å². The van der Waals surface area contributed by atoms with Crippen LogP contribution in [0.1, 0.15) is 6.42 Å². The molecule has 2 nitrogen and oxygen atoms in total. The van der Waals surface area contributed by atoms with Crippen molar-refractivity contribution in [2.24, 2.45) is 0 Å². The standard InChI is InChI=1S/C10H12FIN2/c1-2-3-4-14-10-5-7(11)8(12)6-9(10)13/h2,5-6,14H,1,3-4,13H2. The Bertz CT molecular complexity index is 339. The first-order valence-corrected chi connectivity index (χ1v) is 5.32. The number of rotatable bonds is 4. The fourth-order valence-electron chi connectivity index (χ4n) is 1.02. The molecule has 0 radical (unpaired) electrons. The summed E-state index contributed by atoms with van der Waals surface area (Å²) in [4.78, 5) is 0. The van der Waals surface area contributed by atoms with Gasteiger partial charge in [-0.1, -0.05) is 6.08 Å². The van der Waals surface area contributed by atoms with Gasteiger partial charge in [0, 0.05) is 12.6 Å². The number of nitrogens with two attached hydrogens (primary N) is 1. The van der Waals surface area contributed by atoms with E-state index in [2.05, 4.69) is 11.9 Å². The maximum Gasteiger partial charge on any atom is 0.138 e. The third kappa shape index (κ3) is 2.87. The Hall–Kier alpha value is -0.780.